The van der Waals surface area contributed by atoms with Crippen molar-refractivity contribution in [2.24, 2.45) is 0 Å². The van der Waals surface area contributed by atoms with Crippen molar-refractivity contribution in [1.29, 1.82) is 0 Å². The minimum absolute atomic E-state index is 0.343. The van der Waals surface area contributed by atoms with E-state index in [-0.39, 0.29) is 0 Å². The molecule has 0 fully saturated rings. The van der Waals surface area contributed by atoms with Gasteiger partial charge in [0.2, 0.25) is 0 Å². The van der Waals surface area contributed by atoms with Gasteiger partial charge < -0.3 is 0 Å². The summed E-state index contributed by atoms with van der Waals surface area (Å²) in [7, 11) is 0. The molecule has 0 saturated carbocycles. The van der Waals surface area contributed by atoms with Crippen LogP contribution >= 0.6 is 0 Å². The number of alkyl halides is 3. The first-order chi connectivity index (χ1) is 4.56. The summed E-state index contributed by atoms with van der Waals surface area (Å²) in [6.45, 7) is 0. The van der Waals surface area contributed by atoms with E-state index < -0.39 is 12.6 Å². The summed E-state index contributed by atoms with van der Waals surface area (Å²) in [5.74, 6) is 2.26. The Morgan fingerprint density at radius 1 is 1.40 bits per heavy atom. The third-order valence-corrected chi connectivity index (χ3v) is 0.869. The van der Waals surface area contributed by atoms with E-state index in [0.717, 1.165) is 6.42 Å². The Morgan fingerprint density at radius 3 is 2.40 bits per heavy atom. The van der Waals surface area contributed by atoms with Gasteiger partial charge in [0.25, 0.3) is 0 Å². The Kier molecular flexibility index (Phi) is 3.94. The lowest BCUT2D eigenvalue weighted by Crippen LogP contribution is -2.06. The third kappa shape index (κ3) is 7.35. The standard InChI is InChI=1S/C7H8F3/c1-2-3-4-5-6-7(8,9)10/h1,5H,3-4,6H2. The van der Waals surface area contributed by atoms with Gasteiger partial charge in [0.1, 0.15) is 0 Å². The third-order valence-electron chi connectivity index (χ3n) is 0.869. The summed E-state index contributed by atoms with van der Waals surface area (Å²) in [5.41, 5.74) is 0. The zero-order valence-corrected chi connectivity index (χ0v) is 5.41. The first-order valence-corrected chi connectivity index (χ1v) is 2.88. The Labute approximate surface area is 58.4 Å². The molecule has 0 rings (SSSR count). The van der Waals surface area contributed by atoms with Crippen LogP contribution in [0.15, 0.2) is 0 Å². The molecule has 0 aliphatic rings. The molecule has 0 heterocycles. The molecule has 0 atom stereocenters. The second-order valence-corrected chi connectivity index (χ2v) is 1.85. The Hall–Kier alpha value is -0.650. The molecule has 0 amide bonds. The molecule has 0 nitrogen and oxygen atoms in total. The van der Waals surface area contributed by atoms with Crippen molar-refractivity contribution in [2.45, 2.75) is 25.4 Å². The van der Waals surface area contributed by atoms with Crippen LogP contribution in [0.1, 0.15) is 19.3 Å². The van der Waals surface area contributed by atoms with Crippen LogP contribution in [-0.4, -0.2) is 6.18 Å². The van der Waals surface area contributed by atoms with Crippen LogP contribution in [0.3, 0.4) is 0 Å². The second kappa shape index (κ2) is 4.21. The highest BCUT2D eigenvalue weighted by Crippen LogP contribution is 2.21. The van der Waals surface area contributed by atoms with Gasteiger partial charge in [0.15, 0.2) is 0 Å². The van der Waals surface area contributed by atoms with Crippen LogP contribution in [0.25, 0.3) is 0 Å². The molecule has 0 aliphatic heterocycles. The largest absolute Gasteiger partial charge is 0.389 e. The molecule has 0 saturated heterocycles. The van der Waals surface area contributed by atoms with Crippen LogP contribution in [-0.2, 0) is 0 Å². The molecule has 0 N–H and O–H groups in total. The Morgan fingerprint density at radius 2 is 2.00 bits per heavy atom. The van der Waals surface area contributed by atoms with Crippen LogP contribution in [0.4, 0.5) is 13.2 Å². The van der Waals surface area contributed by atoms with Crippen LogP contribution in [0.5, 0.6) is 0 Å². The zero-order chi connectivity index (χ0) is 8.04. The van der Waals surface area contributed by atoms with E-state index in [0.29, 0.717) is 12.8 Å². The number of hydrogen-bond donors (Lipinski definition) is 0. The maximum atomic E-state index is 11.4. The number of terminal acetylenes is 1. The van der Waals surface area contributed by atoms with Gasteiger partial charge in [-0.15, -0.1) is 12.3 Å². The lowest BCUT2D eigenvalue weighted by molar-refractivity contribution is -0.128. The van der Waals surface area contributed by atoms with Gasteiger partial charge in [-0.3, -0.25) is 0 Å². The SMILES string of the molecule is C#CCC[CH]CC(F)(F)F. The van der Waals surface area contributed by atoms with E-state index >= 15 is 0 Å². The van der Waals surface area contributed by atoms with Crippen molar-refractivity contribution < 1.29 is 13.2 Å². The Bertz CT molecular complexity index is 118. The lowest BCUT2D eigenvalue weighted by Gasteiger charge is -2.02. The molecule has 0 aromatic rings. The molecule has 0 spiro atoms. The molecule has 0 unspecified atom stereocenters. The molecule has 3 heteroatoms. The normalized spacial score (nSPS) is 11.0. The predicted octanol–water partition coefficient (Wildman–Crippen LogP) is 2.56. The van der Waals surface area contributed by atoms with Crippen molar-refractivity contribution in [3.8, 4) is 12.3 Å². The number of halogens is 3. The van der Waals surface area contributed by atoms with E-state index in [1.54, 1.807) is 0 Å². The summed E-state index contributed by atoms with van der Waals surface area (Å²) in [5, 5.41) is 0. The molecular weight excluding hydrogens is 141 g/mol. The van der Waals surface area contributed by atoms with Gasteiger partial charge in [-0.2, -0.15) is 13.2 Å². The van der Waals surface area contributed by atoms with Crippen molar-refractivity contribution in [3.05, 3.63) is 6.42 Å². The summed E-state index contributed by atoms with van der Waals surface area (Å²) < 4.78 is 34.2. The Balaban J connectivity index is 3.14. The van der Waals surface area contributed by atoms with Crippen molar-refractivity contribution in [1.82, 2.24) is 0 Å². The molecule has 0 aromatic carbocycles. The van der Waals surface area contributed by atoms with Crippen LogP contribution in [0, 0.1) is 18.8 Å². The van der Waals surface area contributed by atoms with Gasteiger partial charge in [-0.1, -0.05) is 0 Å². The van der Waals surface area contributed by atoms with Gasteiger partial charge in [0, 0.05) is 12.8 Å². The monoisotopic (exact) mass is 149 g/mol. The van der Waals surface area contributed by atoms with Gasteiger partial charge >= 0.3 is 6.18 Å². The summed E-state index contributed by atoms with van der Waals surface area (Å²) in [4.78, 5) is 0. The van der Waals surface area contributed by atoms with Crippen molar-refractivity contribution >= 4 is 0 Å². The molecule has 57 valence electrons. The minimum atomic E-state index is -4.07. The average Bonchev–Trinajstić information content (AvgIpc) is 1.78. The fourth-order valence-electron chi connectivity index (χ4n) is 0.451. The van der Waals surface area contributed by atoms with E-state index in [2.05, 4.69) is 5.92 Å². The lowest BCUT2D eigenvalue weighted by atomic mass is 10.2. The predicted molar refractivity (Wildman–Crippen MR) is 33.0 cm³/mol. The van der Waals surface area contributed by atoms with Crippen molar-refractivity contribution in [3.63, 3.8) is 0 Å². The second-order valence-electron chi connectivity index (χ2n) is 1.85. The first kappa shape index (κ1) is 9.35. The number of unbranched alkanes of at least 4 members (excludes halogenated alkanes) is 2. The molecule has 0 bridgehead atoms. The van der Waals surface area contributed by atoms with E-state index in [1.165, 1.54) is 0 Å². The van der Waals surface area contributed by atoms with Gasteiger partial charge in [-0.25, -0.2) is 0 Å². The highest BCUT2D eigenvalue weighted by atomic mass is 19.4. The van der Waals surface area contributed by atoms with Crippen LogP contribution < -0.4 is 0 Å². The highest BCUT2D eigenvalue weighted by molar-refractivity contribution is 4.86. The fourth-order valence-corrected chi connectivity index (χ4v) is 0.451. The van der Waals surface area contributed by atoms with E-state index in [1.807, 2.05) is 0 Å². The topological polar surface area (TPSA) is 0 Å². The average molecular weight is 149 g/mol. The maximum Gasteiger partial charge on any atom is 0.389 e. The smallest absolute Gasteiger partial charge is 0.171 e. The highest BCUT2D eigenvalue weighted by Gasteiger charge is 2.25. The van der Waals surface area contributed by atoms with E-state index in [9.17, 15) is 13.2 Å². The number of hydrogen-bond acceptors (Lipinski definition) is 0. The first-order valence-electron chi connectivity index (χ1n) is 2.88. The van der Waals surface area contributed by atoms with Crippen LogP contribution in [0.2, 0.25) is 0 Å². The molecule has 1 radical (unpaired) electrons. The maximum absolute atomic E-state index is 11.4. The minimum Gasteiger partial charge on any atom is -0.171 e. The molecular formula is C7H8F3. The molecule has 0 aromatic heterocycles. The summed E-state index contributed by atoms with van der Waals surface area (Å²) >= 11 is 0. The number of rotatable bonds is 3. The van der Waals surface area contributed by atoms with E-state index in [4.69, 9.17) is 6.42 Å². The zero-order valence-electron chi connectivity index (χ0n) is 5.41. The van der Waals surface area contributed by atoms with Gasteiger partial charge in [-0.05, 0) is 12.8 Å². The van der Waals surface area contributed by atoms with Gasteiger partial charge in [0.05, 0.1) is 0 Å². The molecule has 0 aliphatic carbocycles. The fraction of sp³-hybridized carbons (Fsp3) is 0.571. The summed E-state index contributed by atoms with van der Waals surface area (Å²) in [6, 6.07) is 0. The van der Waals surface area contributed by atoms with Crippen molar-refractivity contribution in [2.75, 3.05) is 0 Å². The summed E-state index contributed by atoms with van der Waals surface area (Å²) in [6.07, 6.45) is 1.79. The molecule has 10 heavy (non-hydrogen) atoms. The quantitative estimate of drug-likeness (QED) is 0.427.